The molecule has 2 aliphatic carbocycles. The molecule has 0 atom stereocenters. The van der Waals surface area contributed by atoms with E-state index in [1.165, 1.54) is 44.1 Å². The minimum atomic E-state index is 0.275. The molecule has 2 aliphatic rings. The first-order valence-corrected chi connectivity index (χ1v) is 8.89. The molecule has 0 radical (unpaired) electrons. The van der Waals surface area contributed by atoms with E-state index in [1.54, 1.807) is 0 Å². The van der Waals surface area contributed by atoms with Crippen LogP contribution in [0.3, 0.4) is 0 Å². The zero-order chi connectivity index (χ0) is 14.9. The predicted octanol–water partition coefficient (Wildman–Crippen LogP) is 5.18. The number of nitrogens with one attached hydrogen (secondary N) is 1. The average Bonchev–Trinajstić information content (AvgIpc) is 2.87. The number of benzene rings is 1. The van der Waals surface area contributed by atoms with Crippen molar-refractivity contribution < 1.29 is 0 Å². The number of halogens is 1. The van der Waals surface area contributed by atoms with E-state index in [2.05, 4.69) is 37.4 Å². The highest BCUT2D eigenvalue weighted by Gasteiger charge is 2.55. The summed E-state index contributed by atoms with van der Waals surface area (Å²) in [6.45, 7) is 6.72. The van der Waals surface area contributed by atoms with Gasteiger partial charge in [-0.2, -0.15) is 0 Å². The van der Waals surface area contributed by atoms with Crippen molar-refractivity contribution in [2.75, 3.05) is 13.1 Å². The minimum Gasteiger partial charge on any atom is -0.316 e. The first kappa shape index (κ1) is 15.4. The number of rotatable bonds is 5. The van der Waals surface area contributed by atoms with Crippen LogP contribution in [-0.4, -0.2) is 13.1 Å². The summed E-state index contributed by atoms with van der Waals surface area (Å²) >= 11 is 6.53. The third kappa shape index (κ3) is 3.00. The quantitative estimate of drug-likeness (QED) is 0.790. The Morgan fingerprint density at radius 2 is 1.81 bits per heavy atom. The Kier molecular flexibility index (Phi) is 4.34. The summed E-state index contributed by atoms with van der Waals surface area (Å²) in [5.74, 6) is 0.703. The van der Waals surface area contributed by atoms with Gasteiger partial charge in [0.05, 0.1) is 0 Å². The molecule has 0 saturated heterocycles. The molecule has 21 heavy (non-hydrogen) atoms. The van der Waals surface area contributed by atoms with Crippen molar-refractivity contribution in [3.05, 3.63) is 34.9 Å². The van der Waals surface area contributed by atoms with Gasteiger partial charge in [0, 0.05) is 17.0 Å². The van der Waals surface area contributed by atoms with Crippen LogP contribution in [0.5, 0.6) is 0 Å². The third-order valence-electron chi connectivity index (χ3n) is 5.55. The highest BCUT2D eigenvalue weighted by molar-refractivity contribution is 6.31. The lowest BCUT2D eigenvalue weighted by atomic mass is 9.49. The van der Waals surface area contributed by atoms with E-state index in [0.717, 1.165) is 18.1 Å². The topological polar surface area (TPSA) is 12.0 Å². The molecule has 2 heteroatoms. The normalized spacial score (nSPS) is 22.7. The summed E-state index contributed by atoms with van der Waals surface area (Å²) in [6.07, 6.45) is 8.38. The first-order chi connectivity index (χ1) is 10.1. The van der Waals surface area contributed by atoms with Crippen LogP contribution in [-0.2, 0) is 5.41 Å². The van der Waals surface area contributed by atoms with Crippen LogP contribution in [0.2, 0.25) is 5.02 Å². The highest BCUT2D eigenvalue weighted by atomic mass is 35.5. The molecule has 0 heterocycles. The van der Waals surface area contributed by atoms with Crippen LogP contribution in [0.1, 0.15) is 57.9 Å². The SMILES string of the molecule is CC(C)CNCC1(c2ccccc2Cl)CC2(CCCC2)C1. The fourth-order valence-corrected chi connectivity index (χ4v) is 5.10. The molecule has 0 aromatic heterocycles. The van der Waals surface area contributed by atoms with E-state index in [-0.39, 0.29) is 5.41 Å². The van der Waals surface area contributed by atoms with Crippen LogP contribution < -0.4 is 5.32 Å². The molecule has 1 aromatic rings. The van der Waals surface area contributed by atoms with E-state index < -0.39 is 0 Å². The van der Waals surface area contributed by atoms with Gasteiger partial charge in [0.2, 0.25) is 0 Å². The second-order valence-corrected chi connectivity index (χ2v) is 8.25. The summed E-state index contributed by atoms with van der Waals surface area (Å²) < 4.78 is 0. The summed E-state index contributed by atoms with van der Waals surface area (Å²) in [7, 11) is 0. The van der Waals surface area contributed by atoms with Crippen molar-refractivity contribution >= 4 is 11.6 Å². The first-order valence-electron chi connectivity index (χ1n) is 8.51. The second kappa shape index (κ2) is 5.93. The van der Waals surface area contributed by atoms with E-state index in [9.17, 15) is 0 Å². The monoisotopic (exact) mass is 305 g/mol. The standard InChI is InChI=1S/C19H28ClN/c1-15(2)11-21-14-19(16-7-3-4-8-17(16)20)12-18(13-19)9-5-6-10-18/h3-4,7-8,15,21H,5-6,9-14H2,1-2H3. The van der Waals surface area contributed by atoms with Gasteiger partial charge in [0.1, 0.15) is 0 Å². The van der Waals surface area contributed by atoms with Crippen molar-refractivity contribution in [3.63, 3.8) is 0 Å². The van der Waals surface area contributed by atoms with Gasteiger partial charge in [-0.3, -0.25) is 0 Å². The van der Waals surface area contributed by atoms with Crippen LogP contribution in [0.25, 0.3) is 0 Å². The highest BCUT2D eigenvalue weighted by Crippen LogP contribution is 2.63. The van der Waals surface area contributed by atoms with Crippen molar-refractivity contribution in [2.24, 2.45) is 11.3 Å². The van der Waals surface area contributed by atoms with Crippen molar-refractivity contribution in [1.82, 2.24) is 5.32 Å². The molecule has 3 rings (SSSR count). The lowest BCUT2D eigenvalue weighted by Gasteiger charge is -2.56. The summed E-state index contributed by atoms with van der Waals surface area (Å²) in [5.41, 5.74) is 2.29. The van der Waals surface area contributed by atoms with Crippen LogP contribution in [0.4, 0.5) is 0 Å². The Bertz CT molecular complexity index is 480. The fraction of sp³-hybridized carbons (Fsp3) is 0.684. The Morgan fingerprint density at radius 1 is 1.14 bits per heavy atom. The molecule has 116 valence electrons. The Balaban J connectivity index is 1.78. The van der Waals surface area contributed by atoms with Gasteiger partial charge in [-0.1, -0.05) is 56.5 Å². The molecule has 0 bridgehead atoms. The summed E-state index contributed by atoms with van der Waals surface area (Å²) in [4.78, 5) is 0. The Morgan fingerprint density at radius 3 is 2.43 bits per heavy atom. The Hall–Kier alpha value is -0.530. The van der Waals surface area contributed by atoms with Gasteiger partial charge in [-0.05, 0) is 55.2 Å². The van der Waals surface area contributed by atoms with Gasteiger partial charge in [0.15, 0.2) is 0 Å². The average molecular weight is 306 g/mol. The maximum Gasteiger partial charge on any atom is 0.0444 e. The molecule has 0 aliphatic heterocycles. The fourth-order valence-electron chi connectivity index (χ4n) is 4.76. The van der Waals surface area contributed by atoms with Gasteiger partial charge in [0.25, 0.3) is 0 Å². The number of hydrogen-bond acceptors (Lipinski definition) is 1. The largest absolute Gasteiger partial charge is 0.316 e. The zero-order valence-corrected chi connectivity index (χ0v) is 14.2. The van der Waals surface area contributed by atoms with Crippen LogP contribution in [0, 0.1) is 11.3 Å². The molecule has 1 aromatic carbocycles. The smallest absolute Gasteiger partial charge is 0.0444 e. The molecular formula is C19H28ClN. The molecule has 1 spiro atoms. The van der Waals surface area contributed by atoms with Crippen molar-refractivity contribution in [3.8, 4) is 0 Å². The molecule has 2 fully saturated rings. The lowest BCUT2D eigenvalue weighted by molar-refractivity contribution is 0.0267. The van der Waals surface area contributed by atoms with Gasteiger partial charge >= 0.3 is 0 Å². The van der Waals surface area contributed by atoms with Gasteiger partial charge in [-0.25, -0.2) is 0 Å². The van der Waals surface area contributed by atoms with Crippen molar-refractivity contribution in [2.45, 2.75) is 57.8 Å². The van der Waals surface area contributed by atoms with E-state index in [1.807, 2.05) is 6.07 Å². The maximum absolute atomic E-state index is 6.53. The van der Waals surface area contributed by atoms with Crippen LogP contribution in [0.15, 0.2) is 24.3 Å². The third-order valence-corrected chi connectivity index (χ3v) is 5.88. The van der Waals surface area contributed by atoms with E-state index in [0.29, 0.717) is 11.3 Å². The molecule has 1 nitrogen and oxygen atoms in total. The van der Waals surface area contributed by atoms with E-state index in [4.69, 9.17) is 11.6 Å². The van der Waals surface area contributed by atoms with Crippen molar-refractivity contribution in [1.29, 1.82) is 0 Å². The molecular weight excluding hydrogens is 278 g/mol. The minimum absolute atomic E-state index is 0.275. The number of hydrogen-bond donors (Lipinski definition) is 1. The van der Waals surface area contributed by atoms with E-state index >= 15 is 0 Å². The molecule has 0 amide bonds. The van der Waals surface area contributed by atoms with Gasteiger partial charge < -0.3 is 5.32 Å². The zero-order valence-electron chi connectivity index (χ0n) is 13.4. The van der Waals surface area contributed by atoms with Crippen LogP contribution >= 0.6 is 11.6 Å². The Labute approximate surface area is 134 Å². The maximum atomic E-state index is 6.53. The lowest BCUT2D eigenvalue weighted by Crippen LogP contribution is -2.54. The second-order valence-electron chi connectivity index (χ2n) is 7.85. The molecule has 0 unspecified atom stereocenters. The predicted molar refractivity (Wildman–Crippen MR) is 91.0 cm³/mol. The summed E-state index contributed by atoms with van der Waals surface area (Å²) in [6, 6.07) is 8.50. The molecule has 2 saturated carbocycles. The molecule has 1 N–H and O–H groups in total. The summed E-state index contributed by atoms with van der Waals surface area (Å²) in [5, 5.41) is 4.66. The van der Waals surface area contributed by atoms with Gasteiger partial charge in [-0.15, -0.1) is 0 Å².